The molecule has 0 aliphatic carbocycles. The number of nitrogens with zero attached hydrogens (tertiary/aromatic N) is 2. The Morgan fingerprint density at radius 2 is 1.97 bits per heavy atom. The van der Waals surface area contributed by atoms with Gasteiger partial charge in [-0.1, -0.05) is 28.1 Å². The Bertz CT molecular complexity index is 1070. The standard InChI is InChI=1S/C19H19BrN6O3/c1-29-12-5-2-10(3-6-12)8-15-17(27)22-19(25-23-15)26-24-16-13-9-11(20)4-7-14(13)21-18(16)28/h2-7,9,15,19,21,23,25,28H,8H2,1H3,(H,22,27). The van der Waals surface area contributed by atoms with Crippen molar-refractivity contribution in [2.45, 2.75) is 18.8 Å². The Morgan fingerprint density at radius 3 is 2.69 bits per heavy atom. The van der Waals surface area contributed by atoms with Crippen LogP contribution in [-0.4, -0.2) is 35.4 Å². The fourth-order valence-electron chi connectivity index (χ4n) is 3.07. The summed E-state index contributed by atoms with van der Waals surface area (Å²) in [4.78, 5) is 15.3. The van der Waals surface area contributed by atoms with E-state index in [9.17, 15) is 9.90 Å². The highest BCUT2D eigenvalue weighted by Gasteiger charge is 2.27. The zero-order chi connectivity index (χ0) is 20.4. The van der Waals surface area contributed by atoms with Crippen molar-refractivity contribution in [2.24, 2.45) is 10.2 Å². The van der Waals surface area contributed by atoms with Crippen LogP contribution in [0.5, 0.6) is 11.6 Å². The van der Waals surface area contributed by atoms with Gasteiger partial charge in [0.1, 0.15) is 11.8 Å². The molecule has 2 heterocycles. The number of nitrogens with one attached hydrogen (secondary N) is 4. The highest BCUT2D eigenvalue weighted by molar-refractivity contribution is 9.10. The summed E-state index contributed by atoms with van der Waals surface area (Å²) in [6.07, 6.45) is -0.254. The highest BCUT2D eigenvalue weighted by atomic mass is 79.9. The van der Waals surface area contributed by atoms with E-state index >= 15 is 0 Å². The number of aromatic nitrogens is 1. The maximum atomic E-state index is 12.4. The van der Waals surface area contributed by atoms with Gasteiger partial charge in [0.15, 0.2) is 5.69 Å². The molecule has 10 heteroatoms. The minimum Gasteiger partial charge on any atom is -0.497 e. The van der Waals surface area contributed by atoms with Gasteiger partial charge in [-0.2, -0.15) is 0 Å². The van der Waals surface area contributed by atoms with E-state index in [2.05, 4.69) is 47.3 Å². The van der Waals surface area contributed by atoms with Gasteiger partial charge in [0.05, 0.1) is 12.6 Å². The third-order valence-corrected chi connectivity index (χ3v) is 5.07. The molecular weight excluding hydrogens is 440 g/mol. The zero-order valence-corrected chi connectivity index (χ0v) is 17.0. The number of aromatic hydroxyl groups is 1. The van der Waals surface area contributed by atoms with E-state index in [1.54, 1.807) is 7.11 Å². The van der Waals surface area contributed by atoms with Crippen molar-refractivity contribution in [3.63, 3.8) is 0 Å². The number of ether oxygens (including phenoxy) is 1. The molecule has 0 saturated carbocycles. The number of benzene rings is 2. The maximum absolute atomic E-state index is 12.4. The molecule has 0 bridgehead atoms. The van der Waals surface area contributed by atoms with Crippen LogP contribution in [0.2, 0.25) is 0 Å². The first kappa shape index (κ1) is 19.4. The van der Waals surface area contributed by atoms with Crippen molar-refractivity contribution >= 4 is 38.4 Å². The summed E-state index contributed by atoms with van der Waals surface area (Å²) in [7, 11) is 1.61. The van der Waals surface area contributed by atoms with Crippen LogP contribution in [0, 0.1) is 0 Å². The summed E-state index contributed by atoms with van der Waals surface area (Å²) >= 11 is 3.40. The SMILES string of the molecule is COc1ccc(CC2NNC(N=Nc3c(O)[nH]c4ccc(Br)cc34)NC2=O)cc1. The predicted octanol–water partition coefficient (Wildman–Crippen LogP) is 2.85. The quantitative estimate of drug-likeness (QED) is 0.376. The monoisotopic (exact) mass is 458 g/mol. The van der Waals surface area contributed by atoms with Crippen LogP contribution >= 0.6 is 15.9 Å². The van der Waals surface area contributed by atoms with Crippen LogP contribution in [0.4, 0.5) is 5.69 Å². The van der Waals surface area contributed by atoms with Gasteiger partial charge in [0.2, 0.25) is 18.1 Å². The highest BCUT2D eigenvalue weighted by Crippen LogP contribution is 2.36. The molecule has 5 N–H and O–H groups in total. The van der Waals surface area contributed by atoms with E-state index in [0.29, 0.717) is 17.5 Å². The van der Waals surface area contributed by atoms with Gasteiger partial charge in [-0.15, -0.1) is 10.2 Å². The Hall–Kier alpha value is -2.95. The van der Waals surface area contributed by atoms with E-state index in [4.69, 9.17) is 4.74 Å². The van der Waals surface area contributed by atoms with Crippen LogP contribution in [-0.2, 0) is 11.2 Å². The lowest BCUT2D eigenvalue weighted by molar-refractivity contribution is -0.126. The fourth-order valence-corrected chi connectivity index (χ4v) is 3.43. The smallest absolute Gasteiger partial charge is 0.241 e. The van der Waals surface area contributed by atoms with Gasteiger partial charge in [-0.05, 0) is 42.3 Å². The molecular formula is C19H19BrN6O3. The Balaban J connectivity index is 1.42. The van der Waals surface area contributed by atoms with E-state index in [0.717, 1.165) is 21.3 Å². The van der Waals surface area contributed by atoms with Crippen LogP contribution in [0.15, 0.2) is 57.2 Å². The molecule has 2 aromatic carbocycles. The number of halogens is 1. The summed E-state index contributed by atoms with van der Waals surface area (Å²) in [5.41, 5.74) is 7.91. The molecule has 9 nitrogen and oxygen atoms in total. The molecule has 1 aliphatic rings. The van der Waals surface area contributed by atoms with E-state index in [1.807, 2.05) is 42.5 Å². The topological polar surface area (TPSA) is 123 Å². The number of azo groups is 1. The second-order valence-electron chi connectivity index (χ2n) is 6.53. The third-order valence-electron chi connectivity index (χ3n) is 4.58. The molecule has 0 radical (unpaired) electrons. The molecule has 2 atom stereocenters. The summed E-state index contributed by atoms with van der Waals surface area (Å²) in [6.45, 7) is 0. The molecule has 1 saturated heterocycles. The van der Waals surface area contributed by atoms with Crippen molar-refractivity contribution in [1.82, 2.24) is 21.2 Å². The van der Waals surface area contributed by atoms with Crippen molar-refractivity contribution in [1.29, 1.82) is 0 Å². The van der Waals surface area contributed by atoms with Crippen molar-refractivity contribution in [3.05, 3.63) is 52.5 Å². The first-order valence-electron chi connectivity index (χ1n) is 8.89. The van der Waals surface area contributed by atoms with Crippen molar-refractivity contribution in [2.75, 3.05) is 7.11 Å². The number of amides is 1. The van der Waals surface area contributed by atoms with Crippen LogP contribution in [0.25, 0.3) is 10.9 Å². The van der Waals surface area contributed by atoms with Crippen LogP contribution in [0.1, 0.15) is 5.56 Å². The predicted molar refractivity (Wildman–Crippen MR) is 111 cm³/mol. The van der Waals surface area contributed by atoms with Gasteiger partial charge >= 0.3 is 0 Å². The maximum Gasteiger partial charge on any atom is 0.241 e. The van der Waals surface area contributed by atoms with Crippen LogP contribution in [0.3, 0.4) is 0 Å². The van der Waals surface area contributed by atoms with E-state index in [-0.39, 0.29) is 11.8 Å². The number of hydrogen-bond acceptors (Lipinski definition) is 7. The molecule has 4 rings (SSSR count). The summed E-state index contributed by atoms with van der Waals surface area (Å²) in [5.74, 6) is 0.477. The molecule has 1 amide bonds. The average molecular weight is 459 g/mol. The number of carbonyl (C=O) groups is 1. The lowest BCUT2D eigenvalue weighted by atomic mass is 10.1. The first-order valence-corrected chi connectivity index (χ1v) is 9.68. The summed E-state index contributed by atoms with van der Waals surface area (Å²) < 4.78 is 6.00. The van der Waals surface area contributed by atoms with Gasteiger partial charge in [0.25, 0.3) is 0 Å². The normalized spacial score (nSPS) is 19.6. The molecule has 2 unspecified atom stereocenters. The van der Waals surface area contributed by atoms with Crippen LogP contribution < -0.4 is 20.9 Å². The fraction of sp³-hybridized carbons (Fsp3) is 0.211. The van der Waals surface area contributed by atoms with Gasteiger partial charge < -0.3 is 20.1 Å². The number of carbonyl (C=O) groups excluding carboxylic acids is 1. The number of aromatic amines is 1. The molecule has 150 valence electrons. The molecule has 0 spiro atoms. The third kappa shape index (κ3) is 4.24. The number of hydrogen-bond donors (Lipinski definition) is 5. The second kappa shape index (κ2) is 8.19. The van der Waals surface area contributed by atoms with Gasteiger partial charge in [0, 0.05) is 9.86 Å². The number of fused-ring (bicyclic) bond motifs is 1. The largest absolute Gasteiger partial charge is 0.497 e. The lowest BCUT2D eigenvalue weighted by Gasteiger charge is -2.28. The number of methoxy groups -OCH3 is 1. The molecule has 1 aromatic heterocycles. The Kier molecular flexibility index (Phi) is 5.47. The average Bonchev–Trinajstić information content (AvgIpc) is 3.03. The Labute approximate surface area is 174 Å². The molecule has 1 aliphatic heterocycles. The minimum atomic E-state index is -0.758. The first-order chi connectivity index (χ1) is 14.0. The molecule has 29 heavy (non-hydrogen) atoms. The van der Waals surface area contributed by atoms with Crippen molar-refractivity contribution in [3.8, 4) is 11.6 Å². The van der Waals surface area contributed by atoms with Gasteiger partial charge in [-0.25, -0.2) is 10.9 Å². The lowest BCUT2D eigenvalue weighted by Crippen LogP contribution is -2.65. The Morgan fingerprint density at radius 1 is 1.17 bits per heavy atom. The zero-order valence-electron chi connectivity index (χ0n) is 15.4. The summed E-state index contributed by atoms with van der Waals surface area (Å²) in [6, 6.07) is 12.6. The van der Waals surface area contributed by atoms with E-state index in [1.165, 1.54) is 0 Å². The summed E-state index contributed by atoms with van der Waals surface area (Å²) in [5, 5.41) is 21.8. The number of hydrazine groups is 1. The van der Waals surface area contributed by atoms with Gasteiger partial charge in [-0.3, -0.25) is 4.79 Å². The number of rotatable bonds is 5. The van der Waals surface area contributed by atoms with Crippen molar-refractivity contribution < 1.29 is 14.6 Å². The van der Waals surface area contributed by atoms with E-state index < -0.39 is 12.3 Å². The number of H-pyrrole nitrogens is 1. The second-order valence-corrected chi connectivity index (χ2v) is 7.45. The molecule has 3 aromatic rings. The minimum absolute atomic E-state index is 0.0886. The molecule has 1 fully saturated rings.